The van der Waals surface area contributed by atoms with Gasteiger partial charge in [-0.2, -0.15) is 4.98 Å². The zero-order valence-corrected chi connectivity index (χ0v) is 14.9. The highest BCUT2D eigenvalue weighted by Gasteiger charge is 2.25. The molecule has 0 radical (unpaired) electrons. The number of aryl methyl sites for hydroxylation is 1. The molecule has 0 spiro atoms. The van der Waals surface area contributed by atoms with Crippen molar-refractivity contribution in [3.63, 3.8) is 0 Å². The molecule has 2 heterocycles. The third kappa shape index (κ3) is 4.89. The minimum absolute atomic E-state index is 0.0768. The lowest BCUT2D eigenvalue weighted by atomic mass is 9.95. The van der Waals surface area contributed by atoms with Crippen LogP contribution in [-0.2, 0) is 11.2 Å². The van der Waals surface area contributed by atoms with Crippen LogP contribution in [0.2, 0.25) is 0 Å². The second kappa shape index (κ2) is 8.25. The molecule has 1 amide bonds. The van der Waals surface area contributed by atoms with Crippen LogP contribution in [0.1, 0.15) is 43.1 Å². The number of nitrogens with one attached hydrogen (secondary N) is 1. The zero-order chi connectivity index (χ0) is 17.6. The molecule has 1 N–H and O–H groups in total. The minimum atomic E-state index is -0.0768. The van der Waals surface area contributed by atoms with Crippen molar-refractivity contribution in [3.05, 3.63) is 47.6 Å². The van der Waals surface area contributed by atoms with Crippen LogP contribution in [0.5, 0.6) is 0 Å². The molecule has 1 unspecified atom stereocenters. The summed E-state index contributed by atoms with van der Waals surface area (Å²) in [7, 11) is 0. The minimum Gasteiger partial charge on any atom is -0.354 e. The summed E-state index contributed by atoms with van der Waals surface area (Å²) in [4.78, 5) is 18.8. The number of amides is 1. The fraction of sp³-hybridized carbons (Fsp3) is 0.526. The fourth-order valence-corrected chi connectivity index (χ4v) is 3.30. The Balaban J connectivity index is 1.62. The molecular weight excluding hydrogens is 316 g/mol. The summed E-state index contributed by atoms with van der Waals surface area (Å²) in [5.41, 5.74) is 1.24. The van der Waals surface area contributed by atoms with Gasteiger partial charge in [0.1, 0.15) is 0 Å². The summed E-state index contributed by atoms with van der Waals surface area (Å²) in [5, 5.41) is 6.83. The largest absolute Gasteiger partial charge is 0.354 e. The van der Waals surface area contributed by atoms with E-state index in [-0.39, 0.29) is 18.4 Å². The van der Waals surface area contributed by atoms with Gasteiger partial charge in [-0.05, 0) is 37.4 Å². The zero-order valence-electron chi connectivity index (χ0n) is 14.9. The molecule has 1 aliphatic heterocycles. The molecule has 25 heavy (non-hydrogen) atoms. The molecule has 1 atom stereocenters. The predicted octanol–water partition coefficient (Wildman–Crippen LogP) is 2.51. The van der Waals surface area contributed by atoms with Crippen LogP contribution >= 0.6 is 0 Å². The average Bonchev–Trinajstić information content (AvgIpc) is 3.02. The van der Waals surface area contributed by atoms with E-state index in [0.29, 0.717) is 18.3 Å². The van der Waals surface area contributed by atoms with Gasteiger partial charge >= 0.3 is 0 Å². The number of rotatable bonds is 6. The van der Waals surface area contributed by atoms with Gasteiger partial charge in [-0.25, -0.2) is 0 Å². The SMILES string of the molecule is Cc1nc(CC(=O)NCC(c2ccccc2)N2CCC(C)CC2)no1. The Morgan fingerprint density at radius 1 is 1.32 bits per heavy atom. The van der Waals surface area contributed by atoms with Crippen LogP contribution in [0.25, 0.3) is 0 Å². The number of hydrogen-bond donors (Lipinski definition) is 1. The number of hydrogen-bond acceptors (Lipinski definition) is 5. The van der Waals surface area contributed by atoms with E-state index in [1.807, 2.05) is 6.07 Å². The fourth-order valence-electron chi connectivity index (χ4n) is 3.30. The van der Waals surface area contributed by atoms with Crippen molar-refractivity contribution in [2.45, 2.75) is 39.2 Å². The van der Waals surface area contributed by atoms with Gasteiger partial charge in [0.2, 0.25) is 11.8 Å². The molecule has 0 bridgehead atoms. The van der Waals surface area contributed by atoms with Gasteiger partial charge in [-0.3, -0.25) is 9.69 Å². The lowest BCUT2D eigenvalue weighted by Gasteiger charge is -2.37. The maximum atomic E-state index is 12.2. The maximum Gasteiger partial charge on any atom is 0.227 e. The summed E-state index contributed by atoms with van der Waals surface area (Å²) >= 11 is 0. The molecule has 1 aromatic carbocycles. The monoisotopic (exact) mass is 342 g/mol. The highest BCUT2D eigenvalue weighted by atomic mass is 16.5. The molecule has 6 nitrogen and oxygen atoms in total. The Bertz CT molecular complexity index is 678. The van der Waals surface area contributed by atoms with Gasteiger partial charge in [-0.1, -0.05) is 42.4 Å². The van der Waals surface area contributed by atoms with Gasteiger partial charge in [0.25, 0.3) is 0 Å². The van der Waals surface area contributed by atoms with E-state index in [0.717, 1.165) is 19.0 Å². The topological polar surface area (TPSA) is 71.3 Å². The van der Waals surface area contributed by atoms with Gasteiger partial charge in [0.15, 0.2) is 5.82 Å². The smallest absolute Gasteiger partial charge is 0.227 e. The van der Waals surface area contributed by atoms with E-state index in [9.17, 15) is 4.79 Å². The summed E-state index contributed by atoms with van der Waals surface area (Å²) in [6, 6.07) is 10.6. The first-order chi connectivity index (χ1) is 12.1. The molecule has 1 aliphatic rings. The van der Waals surface area contributed by atoms with E-state index in [1.54, 1.807) is 6.92 Å². The first kappa shape index (κ1) is 17.6. The molecule has 1 aromatic heterocycles. The van der Waals surface area contributed by atoms with Gasteiger partial charge < -0.3 is 9.84 Å². The lowest BCUT2D eigenvalue weighted by molar-refractivity contribution is -0.120. The molecule has 134 valence electrons. The molecule has 1 fully saturated rings. The second-order valence-corrected chi connectivity index (χ2v) is 6.86. The predicted molar refractivity (Wildman–Crippen MR) is 94.9 cm³/mol. The van der Waals surface area contributed by atoms with Crippen LogP contribution in [0, 0.1) is 12.8 Å². The molecule has 1 saturated heterocycles. The molecule has 0 aliphatic carbocycles. The Hall–Kier alpha value is -2.21. The Kier molecular flexibility index (Phi) is 5.81. The van der Waals surface area contributed by atoms with E-state index in [4.69, 9.17) is 4.52 Å². The van der Waals surface area contributed by atoms with Crippen molar-refractivity contribution >= 4 is 5.91 Å². The third-order valence-electron chi connectivity index (χ3n) is 4.82. The Morgan fingerprint density at radius 3 is 2.68 bits per heavy atom. The van der Waals surface area contributed by atoms with Crippen molar-refractivity contribution in [3.8, 4) is 0 Å². The first-order valence-corrected chi connectivity index (χ1v) is 8.96. The molecule has 3 rings (SSSR count). The summed E-state index contributed by atoms with van der Waals surface area (Å²) in [6.07, 6.45) is 2.56. The highest BCUT2D eigenvalue weighted by Crippen LogP contribution is 2.26. The number of piperidine rings is 1. The van der Waals surface area contributed by atoms with Crippen LogP contribution in [0.4, 0.5) is 0 Å². The number of carbonyl (C=O) groups excluding carboxylic acids is 1. The number of likely N-dealkylation sites (tertiary alicyclic amines) is 1. The Labute approximate surface area is 148 Å². The number of nitrogens with zero attached hydrogens (tertiary/aromatic N) is 3. The van der Waals surface area contributed by atoms with Gasteiger partial charge in [0, 0.05) is 13.5 Å². The van der Waals surface area contributed by atoms with Gasteiger partial charge in [0.05, 0.1) is 12.5 Å². The summed E-state index contributed by atoms with van der Waals surface area (Å²) in [5.74, 6) is 1.61. The number of carbonyl (C=O) groups is 1. The highest BCUT2D eigenvalue weighted by molar-refractivity contribution is 5.77. The molecule has 2 aromatic rings. The van der Waals surface area contributed by atoms with Crippen LogP contribution in [0.3, 0.4) is 0 Å². The van der Waals surface area contributed by atoms with Crippen molar-refractivity contribution in [2.24, 2.45) is 5.92 Å². The first-order valence-electron chi connectivity index (χ1n) is 8.96. The van der Waals surface area contributed by atoms with Gasteiger partial charge in [-0.15, -0.1) is 0 Å². The van der Waals surface area contributed by atoms with E-state index in [2.05, 4.69) is 51.5 Å². The van der Waals surface area contributed by atoms with Crippen molar-refractivity contribution in [2.75, 3.05) is 19.6 Å². The standard InChI is InChI=1S/C19H26N4O2/c1-14-8-10-23(11-9-14)17(16-6-4-3-5-7-16)13-20-19(24)12-18-21-15(2)25-22-18/h3-7,14,17H,8-13H2,1-2H3,(H,20,24). The molecular formula is C19H26N4O2. The third-order valence-corrected chi connectivity index (χ3v) is 4.82. The lowest BCUT2D eigenvalue weighted by Crippen LogP contribution is -2.42. The summed E-state index contributed by atoms with van der Waals surface area (Å²) < 4.78 is 4.92. The van der Waals surface area contributed by atoms with Crippen molar-refractivity contribution in [1.29, 1.82) is 0 Å². The summed E-state index contributed by atoms with van der Waals surface area (Å²) in [6.45, 7) is 6.76. The average molecular weight is 342 g/mol. The maximum absolute atomic E-state index is 12.2. The van der Waals surface area contributed by atoms with Crippen LogP contribution in [0.15, 0.2) is 34.9 Å². The normalized spacial score (nSPS) is 17.4. The number of aromatic nitrogens is 2. The van der Waals surface area contributed by atoms with Crippen molar-refractivity contribution < 1.29 is 9.32 Å². The van der Waals surface area contributed by atoms with E-state index in [1.165, 1.54) is 18.4 Å². The van der Waals surface area contributed by atoms with E-state index < -0.39 is 0 Å². The number of benzene rings is 1. The quantitative estimate of drug-likeness (QED) is 0.873. The second-order valence-electron chi connectivity index (χ2n) is 6.86. The van der Waals surface area contributed by atoms with Crippen LogP contribution < -0.4 is 5.32 Å². The van der Waals surface area contributed by atoms with Crippen LogP contribution in [-0.4, -0.2) is 40.6 Å². The Morgan fingerprint density at radius 2 is 2.04 bits per heavy atom. The van der Waals surface area contributed by atoms with E-state index >= 15 is 0 Å². The molecule has 6 heteroatoms. The van der Waals surface area contributed by atoms with Crippen molar-refractivity contribution in [1.82, 2.24) is 20.4 Å². The molecule has 0 saturated carbocycles.